The molecule has 4 nitrogen and oxygen atoms in total. The van der Waals surface area contributed by atoms with Gasteiger partial charge in [-0.05, 0) is 31.7 Å². The summed E-state index contributed by atoms with van der Waals surface area (Å²) in [5.74, 6) is 1.34. The normalized spacial score (nSPS) is 24.4. The van der Waals surface area contributed by atoms with Crippen LogP contribution in [0.4, 0.5) is 0 Å². The van der Waals surface area contributed by atoms with Gasteiger partial charge in [-0.3, -0.25) is 9.58 Å². The minimum atomic E-state index is 0.436. The van der Waals surface area contributed by atoms with E-state index in [1.807, 2.05) is 0 Å². The van der Waals surface area contributed by atoms with E-state index in [4.69, 9.17) is 5.10 Å². The number of rotatable bonds is 5. The van der Waals surface area contributed by atoms with E-state index in [-0.39, 0.29) is 0 Å². The molecule has 2 unspecified atom stereocenters. The SMILES string of the molecule is CC(C)C1CN(Cc2ccn(C(C)C)n2)C(C(C)C)CN1. The number of aromatic nitrogens is 2. The maximum Gasteiger partial charge on any atom is 0.0765 e. The van der Waals surface area contributed by atoms with Crippen LogP contribution in [0.15, 0.2) is 12.3 Å². The minimum absolute atomic E-state index is 0.436. The minimum Gasteiger partial charge on any atom is -0.311 e. The van der Waals surface area contributed by atoms with Crippen LogP contribution in [0.3, 0.4) is 0 Å². The topological polar surface area (TPSA) is 33.1 Å². The van der Waals surface area contributed by atoms with Crippen molar-refractivity contribution in [2.75, 3.05) is 13.1 Å². The first-order chi connectivity index (χ1) is 9.88. The summed E-state index contributed by atoms with van der Waals surface area (Å²) in [7, 11) is 0. The Morgan fingerprint density at radius 1 is 1.19 bits per heavy atom. The first-order valence-corrected chi connectivity index (χ1v) is 8.40. The van der Waals surface area contributed by atoms with Gasteiger partial charge in [-0.1, -0.05) is 27.7 Å². The molecule has 0 aliphatic carbocycles. The largest absolute Gasteiger partial charge is 0.311 e. The second-order valence-electron chi connectivity index (χ2n) is 7.38. The Labute approximate surface area is 129 Å². The van der Waals surface area contributed by atoms with Gasteiger partial charge in [0.05, 0.1) is 5.69 Å². The number of piperazine rings is 1. The van der Waals surface area contributed by atoms with Crippen LogP contribution in [0, 0.1) is 11.8 Å². The highest BCUT2D eigenvalue weighted by molar-refractivity contribution is 5.02. The molecule has 0 amide bonds. The monoisotopic (exact) mass is 292 g/mol. The molecule has 2 atom stereocenters. The van der Waals surface area contributed by atoms with Crippen molar-refractivity contribution < 1.29 is 0 Å². The lowest BCUT2D eigenvalue weighted by Crippen LogP contribution is -2.59. The standard InChI is InChI=1S/C17H32N4/c1-12(2)16-11-20(17(9-18-16)13(3)4)10-15-7-8-21(19-15)14(5)6/h7-8,12-14,16-18H,9-11H2,1-6H3. The van der Waals surface area contributed by atoms with Crippen molar-refractivity contribution in [1.29, 1.82) is 0 Å². The smallest absolute Gasteiger partial charge is 0.0765 e. The molecule has 4 heteroatoms. The van der Waals surface area contributed by atoms with Gasteiger partial charge in [0.1, 0.15) is 0 Å². The summed E-state index contributed by atoms with van der Waals surface area (Å²) < 4.78 is 2.06. The van der Waals surface area contributed by atoms with Gasteiger partial charge in [0.25, 0.3) is 0 Å². The van der Waals surface area contributed by atoms with E-state index in [0.29, 0.717) is 30.0 Å². The van der Waals surface area contributed by atoms with Gasteiger partial charge in [-0.2, -0.15) is 5.10 Å². The molecule has 2 rings (SSSR count). The predicted molar refractivity (Wildman–Crippen MR) is 88.3 cm³/mol. The summed E-state index contributed by atoms with van der Waals surface area (Å²) in [6, 6.07) is 3.80. The van der Waals surface area contributed by atoms with Gasteiger partial charge in [-0.15, -0.1) is 0 Å². The van der Waals surface area contributed by atoms with Gasteiger partial charge in [0, 0.05) is 44.0 Å². The third kappa shape index (κ3) is 4.07. The molecule has 1 aromatic rings. The summed E-state index contributed by atoms with van der Waals surface area (Å²) in [4.78, 5) is 2.62. The molecule has 1 aromatic heterocycles. The van der Waals surface area contributed by atoms with Crippen LogP contribution in [-0.4, -0.2) is 39.9 Å². The summed E-state index contributed by atoms with van der Waals surface area (Å²) in [5.41, 5.74) is 1.19. The molecule has 1 aliphatic rings. The molecular weight excluding hydrogens is 260 g/mol. The Balaban J connectivity index is 2.08. The van der Waals surface area contributed by atoms with Gasteiger partial charge in [-0.25, -0.2) is 0 Å². The van der Waals surface area contributed by atoms with Crippen molar-refractivity contribution in [3.63, 3.8) is 0 Å². The molecule has 0 aromatic carbocycles. The van der Waals surface area contributed by atoms with Crippen molar-refractivity contribution in [2.45, 2.75) is 66.2 Å². The lowest BCUT2D eigenvalue weighted by Gasteiger charge is -2.43. The molecular formula is C17H32N4. The van der Waals surface area contributed by atoms with Crippen LogP contribution >= 0.6 is 0 Å². The zero-order valence-corrected chi connectivity index (χ0v) is 14.5. The highest BCUT2D eigenvalue weighted by Gasteiger charge is 2.31. The van der Waals surface area contributed by atoms with Crippen LogP contribution in [0.2, 0.25) is 0 Å². The number of nitrogens with zero attached hydrogens (tertiary/aromatic N) is 3. The number of hydrogen-bond donors (Lipinski definition) is 1. The third-order valence-corrected chi connectivity index (χ3v) is 4.62. The summed E-state index contributed by atoms with van der Waals surface area (Å²) >= 11 is 0. The van der Waals surface area contributed by atoms with E-state index in [0.717, 1.165) is 19.6 Å². The van der Waals surface area contributed by atoms with E-state index in [2.05, 4.69) is 68.7 Å². The van der Waals surface area contributed by atoms with Gasteiger partial charge >= 0.3 is 0 Å². The van der Waals surface area contributed by atoms with Crippen molar-refractivity contribution in [2.24, 2.45) is 11.8 Å². The van der Waals surface area contributed by atoms with E-state index in [1.54, 1.807) is 0 Å². The van der Waals surface area contributed by atoms with Gasteiger partial charge < -0.3 is 5.32 Å². The highest BCUT2D eigenvalue weighted by atomic mass is 15.3. The zero-order chi connectivity index (χ0) is 15.6. The molecule has 1 saturated heterocycles. The third-order valence-electron chi connectivity index (χ3n) is 4.62. The Morgan fingerprint density at radius 2 is 1.90 bits per heavy atom. The Kier molecular flexibility index (Phi) is 5.44. The number of nitrogens with one attached hydrogen (secondary N) is 1. The van der Waals surface area contributed by atoms with Crippen LogP contribution in [0.1, 0.15) is 53.3 Å². The van der Waals surface area contributed by atoms with E-state index >= 15 is 0 Å². The molecule has 0 saturated carbocycles. The summed E-state index contributed by atoms with van der Waals surface area (Å²) in [5, 5.41) is 8.44. The first kappa shape index (κ1) is 16.5. The molecule has 0 bridgehead atoms. The fourth-order valence-electron chi connectivity index (χ4n) is 3.10. The Morgan fingerprint density at radius 3 is 2.43 bits per heavy atom. The lowest BCUT2D eigenvalue weighted by molar-refractivity contribution is 0.0770. The summed E-state index contributed by atoms with van der Waals surface area (Å²) in [6.45, 7) is 16.8. The molecule has 21 heavy (non-hydrogen) atoms. The maximum atomic E-state index is 4.72. The molecule has 2 heterocycles. The van der Waals surface area contributed by atoms with Crippen molar-refractivity contribution >= 4 is 0 Å². The molecule has 1 aliphatic heterocycles. The van der Waals surface area contributed by atoms with Gasteiger partial charge in [0.2, 0.25) is 0 Å². The van der Waals surface area contributed by atoms with Crippen LogP contribution < -0.4 is 5.32 Å². The van der Waals surface area contributed by atoms with Gasteiger partial charge in [0.15, 0.2) is 0 Å². The van der Waals surface area contributed by atoms with Crippen molar-refractivity contribution in [1.82, 2.24) is 20.0 Å². The fraction of sp³-hybridized carbons (Fsp3) is 0.824. The van der Waals surface area contributed by atoms with Crippen LogP contribution in [0.5, 0.6) is 0 Å². The van der Waals surface area contributed by atoms with Crippen LogP contribution in [0.25, 0.3) is 0 Å². The van der Waals surface area contributed by atoms with E-state index in [9.17, 15) is 0 Å². The highest BCUT2D eigenvalue weighted by Crippen LogP contribution is 2.20. The summed E-state index contributed by atoms with van der Waals surface area (Å²) in [6.07, 6.45) is 2.10. The van der Waals surface area contributed by atoms with E-state index < -0.39 is 0 Å². The fourth-order valence-corrected chi connectivity index (χ4v) is 3.10. The predicted octanol–water partition coefficient (Wildman–Crippen LogP) is 2.92. The quantitative estimate of drug-likeness (QED) is 0.906. The zero-order valence-electron chi connectivity index (χ0n) is 14.5. The molecule has 120 valence electrons. The Hall–Kier alpha value is -0.870. The molecule has 1 N–H and O–H groups in total. The molecule has 0 spiro atoms. The second kappa shape index (κ2) is 6.93. The van der Waals surface area contributed by atoms with E-state index in [1.165, 1.54) is 5.69 Å². The average molecular weight is 292 g/mol. The lowest BCUT2D eigenvalue weighted by atomic mass is 9.94. The second-order valence-corrected chi connectivity index (χ2v) is 7.38. The first-order valence-electron chi connectivity index (χ1n) is 8.40. The van der Waals surface area contributed by atoms with Crippen molar-refractivity contribution in [3.05, 3.63) is 18.0 Å². The molecule has 0 radical (unpaired) electrons. The van der Waals surface area contributed by atoms with Crippen LogP contribution in [-0.2, 0) is 6.54 Å². The maximum absolute atomic E-state index is 4.72. The average Bonchev–Trinajstić information content (AvgIpc) is 2.87. The van der Waals surface area contributed by atoms with Crippen molar-refractivity contribution in [3.8, 4) is 0 Å². The Bertz CT molecular complexity index is 436. The molecule has 1 fully saturated rings. The number of hydrogen-bond acceptors (Lipinski definition) is 3.